The normalized spacial score (nSPS) is 10.9. The van der Waals surface area contributed by atoms with E-state index in [9.17, 15) is 9.59 Å². The van der Waals surface area contributed by atoms with E-state index in [-0.39, 0.29) is 5.56 Å². The van der Waals surface area contributed by atoms with Gasteiger partial charge in [-0.1, -0.05) is 53.5 Å². The van der Waals surface area contributed by atoms with Crippen LogP contribution in [0.25, 0.3) is 0 Å². The van der Waals surface area contributed by atoms with E-state index in [1.807, 2.05) is 0 Å². The van der Waals surface area contributed by atoms with Gasteiger partial charge in [0.05, 0.1) is 7.11 Å². The Balaban J connectivity index is 3.00. The van der Waals surface area contributed by atoms with E-state index in [4.69, 9.17) is 23.2 Å². The van der Waals surface area contributed by atoms with Gasteiger partial charge in [-0.2, -0.15) is 0 Å². The summed E-state index contributed by atoms with van der Waals surface area (Å²) in [5.74, 6) is -1.68. The van der Waals surface area contributed by atoms with E-state index < -0.39 is 16.1 Å². The van der Waals surface area contributed by atoms with Crippen LogP contribution in [0.5, 0.6) is 0 Å². The van der Waals surface area contributed by atoms with Crippen molar-refractivity contribution in [2.45, 2.75) is 4.33 Å². The molecule has 0 aliphatic carbocycles. The van der Waals surface area contributed by atoms with E-state index in [1.54, 1.807) is 18.2 Å². The Kier molecular flexibility index (Phi) is 3.72. The van der Waals surface area contributed by atoms with E-state index in [0.29, 0.717) is 0 Å². The SMILES string of the molecule is COC(=O)C(Cl)(Cl)C(=O)c1ccccc1. The molecule has 15 heavy (non-hydrogen) atoms. The molecule has 0 atom stereocenters. The Labute approximate surface area is 96.9 Å². The number of carbonyl (C=O) groups excluding carboxylic acids is 2. The molecule has 1 aromatic carbocycles. The molecule has 5 heteroatoms. The minimum Gasteiger partial charge on any atom is -0.466 e. The lowest BCUT2D eigenvalue weighted by atomic mass is 10.1. The highest BCUT2D eigenvalue weighted by Crippen LogP contribution is 2.27. The number of benzene rings is 1. The first-order valence-corrected chi connectivity index (χ1v) is 4.82. The van der Waals surface area contributed by atoms with Crippen molar-refractivity contribution in [3.63, 3.8) is 0 Å². The summed E-state index contributed by atoms with van der Waals surface area (Å²) in [6, 6.07) is 8.07. The molecule has 0 heterocycles. The smallest absolute Gasteiger partial charge is 0.350 e. The molecular formula is C10H8Cl2O3. The first-order valence-electron chi connectivity index (χ1n) is 4.06. The van der Waals surface area contributed by atoms with Gasteiger partial charge in [-0.25, -0.2) is 4.79 Å². The number of halogens is 2. The fourth-order valence-electron chi connectivity index (χ4n) is 0.992. The molecule has 0 aliphatic rings. The third-order valence-corrected chi connectivity index (χ3v) is 2.41. The Bertz CT molecular complexity index is 374. The molecule has 3 nitrogen and oxygen atoms in total. The number of carbonyl (C=O) groups is 2. The van der Waals surface area contributed by atoms with Crippen LogP contribution in [0.3, 0.4) is 0 Å². The van der Waals surface area contributed by atoms with Crippen LogP contribution in [-0.4, -0.2) is 23.2 Å². The summed E-state index contributed by atoms with van der Waals surface area (Å²) in [5.41, 5.74) is 0.257. The summed E-state index contributed by atoms with van der Waals surface area (Å²) in [4.78, 5) is 22.8. The van der Waals surface area contributed by atoms with Crippen molar-refractivity contribution in [3.05, 3.63) is 35.9 Å². The number of esters is 1. The third kappa shape index (κ3) is 2.49. The first kappa shape index (κ1) is 12.0. The van der Waals surface area contributed by atoms with Gasteiger partial charge in [-0.15, -0.1) is 0 Å². The number of methoxy groups -OCH3 is 1. The molecule has 0 unspecified atom stereocenters. The first-order chi connectivity index (χ1) is 7.00. The summed E-state index contributed by atoms with van der Waals surface area (Å²) in [7, 11) is 1.11. The van der Waals surface area contributed by atoms with Crippen molar-refractivity contribution in [2.24, 2.45) is 0 Å². The van der Waals surface area contributed by atoms with Crippen LogP contribution in [0.15, 0.2) is 30.3 Å². The van der Waals surface area contributed by atoms with Crippen LogP contribution in [0, 0.1) is 0 Å². The van der Waals surface area contributed by atoms with E-state index >= 15 is 0 Å². The Morgan fingerprint density at radius 1 is 1.20 bits per heavy atom. The molecule has 80 valence electrons. The topological polar surface area (TPSA) is 43.4 Å². The average Bonchev–Trinajstić information content (AvgIpc) is 2.28. The maximum Gasteiger partial charge on any atom is 0.350 e. The molecule has 0 amide bonds. The van der Waals surface area contributed by atoms with Crippen molar-refractivity contribution in [1.29, 1.82) is 0 Å². The number of ketones is 1. The highest BCUT2D eigenvalue weighted by atomic mass is 35.5. The van der Waals surface area contributed by atoms with Gasteiger partial charge >= 0.3 is 5.97 Å². The van der Waals surface area contributed by atoms with Crippen molar-refractivity contribution >= 4 is 35.0 Å². The largest absolute Gasteiger partial charge is 0.466 e. The predicted molar refractivity (Wildman–Crippen MR) is 57.2 cm³/mol. The minimum atomic E-state index is -2.18. The summed E-state index contributed by atoms with van der Waals surface area (Å²) in [5, 5.41) is 0. The van der Waals surface area contributed by atoms with Gasteiger partial charge in [-0.05, 0) is 0 Å². The highest BCUT2D eigenvalue weighted by molar-refractivity contribution is 6.68. The number of hydrogen-bond donors (Lipinski definition) is 0. The molecule has 0 bridgehead atoms. The summed E-state index contributed by atoms with van der Waals surface area (Å²) in [6.07, 6.45) is 0. The molecule has 1 aromatic rings. The van der Waals surface area contributed by atoms with Crippen molar-refractivity contribution in [2.75, 3.05) is 7.11 Å². The van der Waals surface area contributed by atoms with Gasteiger partial charge in [0.1, 0.15) is 0 Å². The van der Waals surface area contributed by atoms with Gasteiger partial charge < -0.3 is 4.74 Å². The highest BCUT2D eigenvalue weighted by Gasteiger charge is 2.43. The zero-order chi connectivity index (χ0) is 11.5. The fourth-order valence-corrected chi connectivity index (χ4v) is 1.36. The Hall–Kier alpha value is -1.06. The molecule has 0 aliphatic heterocycles. The summed E-state index contributed by atoms with van der Waals surface area (Å²) in [6.45, 7) is 0. The average molecular weight is 247 g/mol. The number of Topliss-reactive ketones (excluding diaryl/α,β-unsaturated/α-hetero) is 1. The minimum absolute atomic E-state index is 0.257. The second-order valence-corrected chi connectivity index (χ2v) is 4.09. The van der Waals surface area contributed by atoms with Gasteiger partial charge in [0, 0.05) is 5.56 Å². The molecule has 1 rings (SSSR count). The summed E-state index contributed by atoms with van der Waals surface area (Å²) >= 11 is 11.2. The molecular weight excluding hydrogens is 239 g/mol. The molecule has 0 fully saturated rings. The van der Waals surface area contributed by atoms with Crippen LogP contribution in [0.1, 0.15) is 10.4 Å². The van der Waals surface area contributed by atoms with Crippen LogP contribution >= 0.6 is 23.2 Å². The van der Waals surface area contributed by atoms with Crippen molar-refractivity contribution in [1.82, 2.24) is 0 Å². The maximum atomic E-state index is 11.7. The zero-order valence-corrected chi connectivity index (χ0v) is 9.38. The van der Waals surface area contributed by atoms with Crippen molar-refractivity contribution in [3.8, 4) is 0 Å². The van der Waals surface area contributed by atoms with Crippen molar-refractivity contribution < 1.29 is 14.3 Å². The Morgan fingerprint density at radius 2 is 1.73 bits per heavy atom. The number of hydrogen-bond acceptors (Lipinski definition) is 3. The second-order valence-electron chi connectivity index (χ2n) is 2.76. The van der Waals surface area contributed by atoms with E-state index in [2.05, 4.69) is 4.74 Å². The van der Waals surface area contributed by atoms with E-state index in [1.165, 1.54) is 12.1 Å². The second kappa shape index (κ2) is 4.64. The van der Waals surface area contributed by atoms with Gasteiger partial charge in [0.25, 0.3) is 4.33 Å². The van der Waals surface area contributed by atoms with Gasteiger partial charge in [-0.3, -0.25) is 4.79 Å². The maximum absolute atomic E-state index is 11.7. The summed E-state index contributed by atoms with van der Waals surface area (Å²) < 4.78 is 2.15. The van der Waals surface area contributed by atoms with Crippen LogP contribution in [-0.2, 0) is 9.53 Å². The van der Waals surface area contributed by atoms with Gasteiger partial charge in [0.2, 0.25) is 5.78 Å². The lowest BCUT2D eigenvalue weighted by Crippen LogP contribution is -2.36. The number of rotatable bonds is 3. The molecule has 0 saturated carbocycles. The lowest BCUT2D eigenvalue weighted by molar-refractivity contribution is -0.140. The van der Waals surface area contributed by atoms with Crippen LogP contribution in [0.4, 0.5) is 0 Å². The molecule has 0 N–H and O–H groups in total. The molecule has 0 spiro atoms. The third-order valence-electron chi connectivity index (χ3n) is 1.76. The van der Waals surface area contributed by atoms with E-state index in [0.717, 1.165) is 7.11 Å². The monoisotopic (exact) mass is 246 g/mol. The fraction of sp³-hybridized carbons (Fsp3) is 0.200. The van der Waals surface area contributed by atoms with Crippen LogP contribution in [0.2, 0.25) is 0 Å². The van der Waals surface area contributed by atoms with Gasteiger partial charge in [0.15, 0.2) is 0 Å². The number of ether oxygens (including phenoxy) is 1. The lowest BCUT2D eigenvalue weighted by Gasteiger charge is -2.14. The molecule has 0 aromatic heterocycles. The van der Waals surface area contributed by atoms with Crippen LogP contribution < -0.4 is 0 Å². The zero-order valence-electron chi connectivity index (χ0n) is 7.87. The number of alkyl halides is 2. The quantitative estimate of drug-likeness (QED) is 0.356. The predicted octanol–water partition coefficient (Wildman–Crippen LogP) is 2.22. The molecule has 0 radical (unpaired) electrons. The Morgan fingerprint density at radius 3 is 2.20 bits per heavy atom. The standard InChI is InChI=1S/C10H8Cl2O3/c1-15-9(14)10(11,12)8(13)7-5-3-2-4-6-7/h2-6H,1H3. The molecule has 0 saturated heterocycles.